The number of hydrogen-bond donors (Lipinski definition) is 1. The molecule has 90 valence electrons. The van der Waals surface area contributed by atoms with E-state index in [-0.39, 0.29) is 0 Å². The summed E-state index contributed by atoms with van der Waals surface area (Å²) in [7, 11) is 0. The lowest BCUT2D eigenvalue weighted by molar-refractivity contribution is 0.790. The van der Waals surface area contributed by atoms with Gasteiger partial charge in [0.1, 0.15) is 23.8 Å². The molecular weight excluding hydrogens is 216 g/mol. The fraction of sp³-hybridized carbons (Fsp3) is 0.455. The van der Waals surface area contributed by atoms with E-state index >= 15 is 0 Å². The van der Waals surface area contributed by atoms with Crippen LogP contribution in [0.15, 0.2) is 6.33 Å². The Morgan fingerprint density at radius 1 is 1.24 bits per heavy atom. The van der Waals surface area contributed by atoms with Gasteiger partial charge in [-0.3, -0.25) is 0 Å². The Kier molecular flexibility index (Phi) is 3.03. The van der Waals surface area contributed by atoms with Crippen molar-refractivity contribution in [2.45, 2.75) is 27.7 Å². The standard InChI is InChI=1S/C11H16N6/c1-5-12-10-7(2)11(14-6-13-10)17-9(4)15-8(3)16-17/h6H,5H2,1-4H3,(H,12,13,14). The first-order valence-corrected chi connectivity index (χ1v) is 5.59. The molecule has 0 saturated heterocycles. The van der Waals surface area contributed by atoms with Crippen molar-refractivity contribution in [3.63, 3.8) is 0 Å². The lowest BCUT2D eigenvalue weighted by Crippen LogP contribution is -2.09. The van der Waals surface area contributed by atoms with E-state index in [1.54, 1.807) is 4.68 Å². The van der Waals surface area contributed by atoms with Crippen LogP contribution in [0.2, 0.25) is 0 Å². The molecule has 6 nitrogen and oxygen atoms in total. The summed E-state index contributed by atoms with van der Waals surface area (Å²) < 4.78 is 1.74. The third kappa shape index (κ3) is 2.11. The molecule has 6 heteroatoms. The number of aromatic nitrogens is 5. The third-order valence-corrected chi connectivity index (χ3v) is 2.48. The Morgan fingerprint density at radius 3 is 2.59 bits per heavy atom. The van der Waals surface area contributed by atoms with Gasteiger partial charge in [-0.15, -0.1) is 5.10 Å². The van der Waals surface area contributed by atoms with Gasteiger partial charge in [0.15, 0.2) is 5.82 Å². The second-order valence-corrected chi connectivity index (χ2v) is 3.82. The van der Waals surface area contributed by atoms with E-state index in [2.05, 4.69) is 25.4 Å². The quantitative estimate of drug-likeness (QED) is 0.866. The van der Waals surface area contributed by atoms with Crippen molar-refractivity contribution < 1.29 is 0 Å². The molecule has 0 aliphatic heterocycles. The minimum absolute atomic E-state index is 0.741. The van der Waals surface area contributed by atoms with Crippen LogP contribution in [0.25, 0.3) is 5.82 Å². The molecule has 0 bridgehead atoms. The maximum atomic E-state index is 4.33. The minimum Gasteiger partial charge on any atom is -0.370 e. The molecule has 0 unspecified atom stereocenters. The first-order chi connectivity index (χ1) is 8.13. The van der Waals surface area contributed by atoms with Gasteiger partial charge < -0.3 is 5.32 Å². The van der Waals surface area contributed by atoms with Gasteiger partial charge in [0.05, 0.1) is 0 Å². The second-order valence-electron chi connectivity index (χ2n) is 3.82. The number of hydrogen-bond acceptors (Lipinski definition) is 5. The molecule has 0 atom stereocenters. The van der Waals surface area contributed by atoms with Gasteiger partial charge in [-0.25, -0.2) is 15.0 Å². The SMILES string of the molecule is CCNc1ncnc(-n2nc(C)nc2C)c1C. The summed E-state index contributed by atoms with van der Waals surface area (Å²) in [5.74, 6) is 3.18. The number of rotatable bonds is 3. The predicted molar refractivity (Wildman–Crippen MR) is 65.3 cm³/mol. The number of anilines is 1. The van der Waals surface area contributed by atoms with Crippen molar-refractivity contribution in [3.05, 3.63) is 23.5 Å². The molecule has 0 aliphatic carbocycles. The molecule has 1 N–H and O–H groups in total. The van der Waals surface area contributed by atoms with Crippen molar-refractivity contribution in [2.75, 3.05) is 11.9 Å². The van der Waals surface area contributed by atoms with Crippen LogP contribution in [-0.2, 0) is 0 Å². The van der Waals surface area contributed by atoms with Gasteiger partial charge in [-0.05, 0) is 27.7 Å². The molecule has 0 radical (unpaired) electrons. The van der Waals surface area contributed by atoms with Gasteiger partial charge in [0.25, 0.3) is 0 Å². The van der Waals surface area contributed by atoms with Crippen molar-refractivity contribution >= 4 is 5.82 Å². The summed E-state index contributed by atoms with van der Waals surface area (Å²) in [6.45, 7) is 8.61. The highest BCUT2D eigenvalue weighted by Gasteiger charge is 2.12. The fourth-order valence-corrected chi connectivity index (χ4v) is 1.72. The van der Waals surface area contributed by atoms with Gasteiger partial charge in [-0.1, -0.05) is 0 Å². The summed E-state index contributed by atoms with van der Waals surface area (Å²) >= 11 is 0. The summed E-state index contributed by atoms with van der Waals surface area (Å²) in [6.07, 6.45) is 1.54. The Morgan fingerprint density at radius 2 is 2.00 bits per heavy atom. The molecule has 0 fully saturated rings. The van der Waals surface area contributed by atoms with Gasteiger partial charge in [-0.2, -0.15) is 4.68 Å². The molecule has 2 aromatic rings. The Bertz CT molecular complexity index is 531. The Hall–Kier alpha value is -1.98. The molecule has 0 amide bonds. The van der Waals surface area contributed by atoms with E-state index in [1.807, 2.05) is 27.7 Å². The van der Waals surface area contributed by atoms with E-state index in [0.717, 1.165) is 35.4 Å². The van der Waals surface area contributed by atoms with Crippen LogP contribution < -0.4 is 5.32 Å². The first-order valence-electron chi connectivity index (χ1n) is 5.59. The largest absolute Gasteiger partial charge is 0.370 e. The van der Waals surface area contributed by atoms with Crippen molar-refractivity contribution in [3.8, 4) is 5.82 Å². The van der Waals surface area contributed by atoms with Crippen LogP contribution >= 0.6 is 0 Å². The zero-order valence-corrected chi connectivity index (χ0v) is 10.5. The van der Waals surface area contributed by atoms with Crippen LogP contribution in [0.5, 0.6) is 0 Å². The van der Waals surface area contributed by atoms with Crippen molar-refractivity contribution in [1.29, 1.82) is 0 Å². The number of aryl methyl sites for hydroxylation is 2. The summed E-state index contributed by atoms with van der Waals surface area (Å²) in [5.41, 5.74) is 0.974. The van der Waals surface area contributed by atoms with Gasteiger partial charge in [0, 0.05) is 12.1 Å². The molecule has 0 aromatic carbocycles. The summed E-state index contributed by atoms with van der Waals surface area (Å²) in [6, 6.07) is 0. The topological polar surface area (TPSA) is 68.5 Å². The monoisotopic (exact) mass is 232 g/mol. The predicted octanol–water partition coefficient (Wildman–Crippen LogP) is 1.41. The normalized spacial score (nSPS) is 10.6. The lowest BCUT2D eigenvalue weighted by atomic mass is 10.3. The summed E-state index contributed by atoms with van der Waals surface area (Å²) in [5, 5.41) is 7.53. The lowest BCUT2D eigenvalue weighted by Gasteiger charge is -2.10. The van der Waals surface area contributed by atoms with E-state index in [9.17, 15) is 0 Å². The smallest absolute Gasteiger partial charge is 0.163 e. The molecule has 2 aromatic heterocycles. The second kappa shape index (κ2) is 4.48. The third-order valence-electron chi connectivity index (χ3n) is 2.48. The molecular formula is C11H16N6. The van der Waals surface area contributed by atoms with Crippen LogP contribution in [0, 0.1) is 20.8 Å². The molecule has 2 heterocycles. The molecule has 0 aliphatic rings. The molecule has 17 heavy (non-hydrogen) atoms. The molecule has 2 rings (SSSR count). The minimum atomic E-state index is 0.741. The van der Waals surface area contributed by atoms with Crippen molar-refractivity contribution in [2.24, 2.45) is 0 Å². The Labute approximate surface area is 100 Å². The fourth-order valence-electron chi connectivity index (χ4n) is 1.72. The van der Waals surface area contributed by atoms with Gasteiger partial charge in [0.2, 0.25) is 0 Å². The Balaban J connectivity index is 2.52. The first kappa shape index (κ1) is 11.5. The average Bonchev–Trinajstić information content (AvgIpc) is 2.61. The van der Waals surface area contributed by atoms with Crippen LogP contribution in [0.4, 0.5) is 5.82 Å². The zero-order valence-electron chi connectivity index (χ0n) is 10.5. The van der Waals surface area contributed by atoms with Gasteiger partial charge >= 0.3 is 0 Å². The van der Waals surface area contributed by atoms with Crippen LogP contribution in [0.3, 0.4) is 0 Å². The number of nitrogens with zero attached hydrogens (tertiary/aromatic N) is 5. The maximum Gasteiger partial charge on any atom is 0.163 e. The maximum absolute atomic E-state index is 4.33. The van der Waals surface area contributed by atoms with Crippen LogP contribution in [-0.4, -0.2) is 31.3 Å². The molecule has 0 spiro atoms. The average molecular weight is 232 g/mol. The van der Waals surface area contributed by atoms with E-state index in [1.165, 1.54) is 6.33 Å². The van der Waals surface area contributed by atoms with E-state index in [4.69, 9.17) is 0 Å². The van der Waals surface area contributed by atoms with E-state index in [0.29, 0.717) is 0 Å². The van der Waals surface area contributed by atoms with Crippen molar-refractivity contribution in [1.82, 2.24) is 24.7 Å². The van der Waals surface area contributed by atoms with E-state index < -0.39 is 0 Å². The zero-order chi connectivity index (χ0) is 12.4. The molecule has 0 saturated carbocycles. The highest BCUT2D eigenvalue weighted by molar-refractivity contribution is 5.50. The highest BCUT2D eigenvalue weighted by atomic mass is 15.4. The number of nitrogens with one attached hydrogen (secondary N) is 1. The highest BCUT2D eigenvalue weighted by Crippen LogP contribution is 2.17. The van der Waals surface area contributed by atoms with Crippen LogP contribution in [0.1, 0.15) is 24.1 Å². The summed E-state index contributed by atoms with van der Waals surface area (Å²) in [4.78, 5) is 12.8.